The number of hydrogen-bond acceptors (Lipinski definition) is 6. The second-order valence-corrected chi connectivity index (χ2v) is 7.38. The van der Waals surface area contributed by atoms with E-state index >= 15 is 0 Å². The minimum Gasteiger partial charge on any atom is -0.618 e. The highest BCUT2D eigenvalue weighted by Gasteiger charge is 2.20. The molecule has 0 aliphatic carbocycles. The topological polar surface area (TPSA) is 86.9 Å². The van der Waals surface area contributed by atoms with Crippen molar-refractivity contribution in [1.29, 1.82) is 0 Å². The van der Waals surface area contributed by atoms with Gasteiger partial charge in [0.05, 0.1) is 0 Å². The fourth-order valence-electron chi connectivity index (χ4n) is 1.80. The molecule has 3 aromatic rings. The van der Waals surface area contributed by atoms with Crippen molar-refractivity contribution in [2.24, 2.45) is 0 Å². The molecular weight excluding hydrogens is 298 g/mol. The lowest BCUT2D eigenvalue weighted by molar-refractivity contribution is -0.565. The van der Waals surface area contributed by atoms with Crippen molar-refractivity contribution < 1.29 is 13.1 Å². The van der Waals surface area contributed by atoms with Crippen LogP contribution >= 0.6 is 11.3 Å². The maximum Gasteiger partial charge on any atom is 0.255 e. The van der Waals surface area contributed by atoms with Gasteiger partial charge >= 0.3 is 0 Å². The Morgan fingerprint density at radius 1 is 1.15 bits per heavy atom. The molecule has 1 aromatic carbocycles. The zero-order valence-corrected chi connectivity index (χ0v) is 12.0. The molecule has 0 fully saturated rings. The molecule has 3 rings (SSSR count). The molecule has 0 amide bonds. The van der Waals surface area contributed by atoms with Gasteiger partial charge in [0.25, 0.3) is 5.69 Å². The van der Waals surface area contributed by atoms with Crippen LogP contribution in [-0.2, 0) is 9.84 Å². The summed E-state index contributed by atoms with van der Waals surface area (Å²) >= 11 is 0.885. The molecule has 0 spiro atoms. The Labute approximate surface area is 118 Å². The van der Waals surface area contributed by atoms with E-state index in [1.165, 1.54) is 0 Å². The lowest BCUT2D eigenvalue weighted by Crippen LogP contribution is -2.29. The number of nitrogens with zero attached hydrogens (tertiary/aromatic N) is 3. The maximum absolute atomic E-state index is 12.3. The zero-order valence-electron chi connectivity index (χ0n) is 10.3. The Morgan fingerprint density at radius 3 is 2.60 bits per heavy atom. The molecule has 0 saturated carbocycles. The Morgan fingerprint density at radius 2 is 1.90 bits per heavy atom. The van der Waals surface area contributed by atoms with Gasteiger partial charge in [-0.2, -0.15) is 4.73 Å². The molecule has 0 aliphatic heterocycles. The van der Waals surface area contributed by atoms with Crippen molar-refractivity contribution in [3.63, 3.8) is 0 Å². The van der Waals surface area contributed by atoms with Crippen molar-refractivity contribution in [2.45, 2.75) is 4.34 Å². The Kier molecular flexibility index (Phi) is 2.91. The molecule has 0 atom stereocenters. The molecule has 0 aliphatic rings. The van der Waals surface area contributed by atoms with Crippen molar-refractivity contribution >= 4 is 32.1 Å². The molecule has 102 valence electrons. The lowest BCUT2D eigenvalue weighted by atomic mass is 10.2. The monoisotopic (exact) mass is 307 g/mol. The first-order valence-electron chi connectivity index (χ1n) is 5.62. The van der Waals surface area contributed by atoms with E-state index in [1.807, 2.05) is 12.1 Å². The van der Waals surface area contributed by atoms with Gasteiger partial charge in [-0.25, -0.2) is 8.42 Å². The first-order chi connectivity index (χ1) is 9.47. The van der Waals surface area contributed by atoms with E-state index in [1.54, 1.807) is 24.3 Å². The molecule has 0 unspecified atom stereocenters. The third-order valence-corrected chi connectivity index (χ3v) is 5.35. The van der Waals surface area contributed by atoms with Crippen LogP contribution < -0.4 is 4.73 Å². The van der Waals surface area contributed by atoms with Crippen LogP contribution in [0.1, 0.15) is 0 Å². The number of sulfone groups is 1. The van der Waals surface area contributed by atoms with E-state index in [0.29, 0.717) is 5.52 Å². The van der Waals surface area contributed by atoms with Gasteiger partial charge in [0.1, 0.15) is 0 Å². The fraction of sp³-hybridized carbons (Fsp3) is 0.0833. The summed E-state index contributed by atoms with van der Waals surface area (Å²) in [5.74, 6) is 0. The second kappa shape index (κ2) is 4.50. The number of para-hydroxylation sites is 1. The van der Waals surface area contributed by atoms with Crippen LogP contribution in [0.3, 0.4) is 0 Å². The molecule has 6 nitrogen and oxygen atoms in total. The highest BCUT2D eigenvalue weighted by Crippen LogP contribution is 2.24. The normalized spacial score (nSPS) is 11.8. The van der Waals surface area contributed by atoms with Crippen LogP contribution in [0.5, 0.6) is 0 Å². The second-order valence-electron chi connectivity index (χ2n) is 4.22. The van der Waals surface area contributed by atoms with Gasteiger partial charge < -0.3 is 5.21 Å². The quantitative estimate of drug-likeness (QED) is 0.527. The Hall–Kier alpha value is -2.06. The molecule has 2 heterocycles. The molecule has 0 bridgehead atoms. The van der Waals surface area contributed by atoms with E-state index in [4.69, 9.17) is 0 Å². The number of benzene rings is 1. The molecular formula is C12H9N3O3S2. The number of aromatic nitrogens is 3. The maximum atomic E-state index is 12.3. The van der Waals surface area contributed by atoms with Crippen molar-refractivity contribution in [3.05, 3.63) is 41.6 Å². The van der Waals surface area contributed by atoms with Crippen molar-refractivity contribution in [2.75, 3.05) is 6.26 Å². The molecule has 20 heavy (non-hydrogen) atoms. The number of hydrogen-bond donors (Lipinski definition) is 0. The summed E-state index contributed by atoms with van der Waals surface area (Å²) in [5.41, 5.74) is 0.789. The van der Waals surface area contributed by atoms with Gasteiger partial charge in [-0.05, 0) is 12.1 Å². The number of rotatable bonds is 2. The summed E-state index contributed by atoms with van der Waals surface area (Å²) in [5, 5.41) is 20.8. The van der Waals surface area contributed by atoms with Gasteiger partial charge in [-0.15, -0.1) is 10.2 Å². The summed E-state index contributed by atoms with van der Waals surface area (Å²) in [4.78, 5) is 0. The van der Waals surface area contributed by atoms with Crippen LogP contribution in [0.4, 0.5) is 0 Å². The standard InChI is InChI=1S/C12H9N3O3S2/c1-20(17,18)12-14-13-11(19-12)10-7-6-8-4-2-3-5-9(8)15(10)16/h2-7H,1H3. The van der Waals surface area contributed by atoms with Crippen LogP contribution in [0.15, 0.2) is 40.7 Å². The average molecular weight is 307 g/mol. The molecule has 2 aromatic heterocycles. The third kappa shape index (κ3) is 2.12. The van der Waals surface area contributed by atoms with E-state index < -0.39 is 9.84 Å². The summed E-state index contributed by atoms with van der Waals surface area (Å²) in [6, 6.07) is 10.5. The van der Waals surface area contributed by atoms with Crippen molar-refractivity contribution in [3.8, 4) is 10.7 Å². The molecule has 0 saturated heterocycles. The van der Waals surface area contributed by atoms with Crippen LogP contribution in [0, 0.1) is 5.21 Å². The lowest BCUT2D eigenvalue weighted by Gasteiger charge is -2.04. The summed E-state index contributed by atoms with van der Waals surface area (Å²) in [7, 11) is -3.41. The van der Waals surface area contributed by atoms with E-state index in [2.05, 4.69) is 10.2 Å². The number of pyridine rings is 1. The van der Waals surface area contributed by atoms with Gasteiger partial charge in [-0.3, -0.25) is 0 Å². The number of fused-ring (bicyclic) bond motifs is 1. The first-order valence-corrected chi connectivity index (χ1v) is 8.33. The molecule has 0 radical (unpaired) electrons. The predicted octanol–water partition coefficient (Wildman–Crippen LogP) is 1.40. The van der Waals surface area contributed by atoms with Gasteiger partial charge in [0.2, 0.25) is 24.7 Å². The molecule has 0 N–H and O–H groups in total. The van der Waals surface area contributed by atoms with Crippen molar-refractivity contribution in [1.82, 2.24) is 10.2 Å². The third-order valence-electron chi connectivity index (χ3n) is 2.74. The van der Waals surface area contributed by atoms with Crippen LogP contribution in [-0.4, -0.2) is 24.9 Å². The minimum atomic E-state index is -3.41. The SMILES string of the molecule is CS(=O)(=O)c1nnc(-c2ccc3ccccc3[n+]2[O-])s1. The minimum absolute atomic E-state index is 0.0966. The van der Waals surface area contributed by atoms with Gasteiger partial charge in [0, 0.05) is 23.8 Å². The highest BCUT2D eigenvalue weighted by atomic mass is 32.2. The van der Waals surface area contributed by atoms with E-state index in [0.717, 1.165) is 27.7 Å². The van der Waals surface area contributed by atoms with E-state index in [-0.39, 0.29) is 15.0 Å². The first kappa shape index (κ1) is 12.9. The van der Waals surface area contributed by atoms with Crippen LogP contribution in [0.25, 0.3) is 21.6 Å². The van der Waals surface area contributed by atoms with E-state index in [9.17, 15) is 13.6 Å². The largest absolute Gasteiger partial charge is 0.618 e. The predicted molar refractivity (Wildman–Crippen MR) is 74.9 cm³/mol. The van der Waals surface area contributed by atoms with Gasteiger partial charge in [-0.1, -0.05) is 23.5 Å². The summed E-state index contributed by atoms with van der Waals surface area (Å²) < 4.78 is 23.4. The molecule has 8 heteroatoms. The smallest absolute Gasteiger partial charge is 0.255 e. The van der Waals surface area contributed by atoms with Crippen LogP contribution in [0.2, 0.25) is 0 Å². The fourth-order valence-corrected chi connectivity index (χ4v) is 3.42. The average Bonchev–Trinajstić information content (AvgIpc) is 2.89. The Balaban J connectivity index is 2.20. The highest BCUT2D eigenvalue weighted by molar-refractivity contribution is 7.92. The summed E-state index contributed by atoms with van der Waals surface area (Å²) in [6.07, 6.45) is 1.06. The Bertz CT molecular complexity index is 903. The summed E-state index contributed by atoms with van der Waals surface area (Å²) in [6.45, 7) is 0. The van der Waals surface area contributed by atoms with Gasteiger partial charge in [0.15, 0.2) is 0 Å². The zero-order chi connectivity index (χ0) is 14.3.